The van der Waals surface area contributed by atoms with E-state index in [9.17, 15) is 0 Å². The predicted octanol–water partition coefficient (Wildman–Crippen LogP) is 1.11. The highest BCUT2D eigenvalue weighted by Crippen LogP contribution is 2.16. The fourth-order valence-corrected chi connectivity index (χ4v) is 2.83. The van der Waals surface area contributed by atoms with Gasteiger partial charge < -0.3 is 10.2 Å². The zero-order valence-corrected chi connectivity index (χ0v) is 11.5. The Morgan fingerprint density at radius 3 is 2.47 bits per heavy atom. The fraction of sp³-hybridized carbons (Fsp3) is 0.818. The molecule has 0 bridgehead atoms. The molecule has 6 heteroatoms. The largest absolute Gasteiger partial charge is 0.363 e. The summed E-state index contributed by atoms with van der Waals surface area (Å²) in [5.41, 5.74) is 0. The van der Waals surface area contributed by atoms with Gasteiger partial charge in [0.15, 0.2) is 0 Å². The molecule has 1 aliphatic heterocycles. The van der Waals surface area contributed by atoms with Crippen LogP contribution in [0.3, 0.4) is 0 Å². The number of anilines is 1. The quantitative estimate of drug-likeness (QED) is 0.854. The Labute approximate surface area is 107 Å². The van der Waals surface area contributed by atoms with Gasteiger partial charge in [-0.1, -0.05) is 18.3 Å². The van der Waals surface area contributed by atoms with Crippen LogP contribution in [0, 0.1) is 0 Å². The molecule has 0 saturated carbocycles. The van der Waals surface area contributed by atoms with E-state index in [1.165, 1.54) is 26.1 Å². The summed E-state index contributed by atoms with van der Waals surface area (Å²) in [6.45, 7) is 9.09. The maximum absolute atomic E-state index is 4.19. The number of piperazine rings is 1. The number of nitrogens with zero attached hydrogens (tertiary/aromatic N) is 4. The molecule has 0 atom stereocenters. The van der Waals surface area contributed by atoms with Crippen molar-refractivity contribution < 1.29 is 0 Å². The predicted molar refractivity (Wildman–Crippen MR) is 71.5 cm³/mol. The van der Waals surface area contributed by atoms with Gasteiger partial charge in [-0.25, -0.2) is 0 Å². The molecule has 1 saturated heterocycles. The van der Waals surface area contributed by atoms with E-state index in [-0.39, 0.29) is 0 Å². The molecule has 0 aromatic carbocycles. The molecule has 5 nitrogen and oxygen atoms in total. The van der Waals surface area contributed by atoms with Crippen molar-refractivity contribution in [2.45, 2.75) is 19.9 Å². The van der Waals surface area contributed by atoms with Crippen molar-refractivity contribution in [2.75, 3.05) is 45.1 Å². The van der Waals surface area contributed by atoms with Gasteiger partial charge in [0.1, 0.15) is 5.01 Å². The highest BCUT2D eigenvalue weighted by molar-refractivity contribution is 7.15. The lowest BCUT2D eigenvalue weighted by molar-refractivity contribution is 0.127. The number of rotatable bonds is 5. The molecule has 0 unspecified atom stereocenters. The van der Waals surface area contributed by atoms with E-state index in [0.717, 1.165) is 29.8 Å². The van der Waals surface area contributed by atoms with E-state index in [0.29, 0.717) is 0 Å². The minimum absolute atomic E-state index is 0.907. The summed E-state index contributed by atoms with van der Waals surface area (Å²) in [4.78, 5) is 5.00. The molecule has 17 heavy (non-hydrogen) atoms. The summed E-state index contributed by atoms with van der Waals surface area (Å²) in [5, 5.41) is 13.3. The zero-order valence-electron chi connectivity index (χ0n) is 10.6. The number of hydrogen-bond donors (Lipinski definition) is 1. The van der Waals surface area contributed by atoms with Gasteiger partial charge >= 0.3 is 0 Å². The SMILES string of the molecule is CCCN1CCN(Cc2nnc(NC)s2)CC1. The third-order valence-electron chi connectivity index (χ3n) is 3.04. The first kappa shape index (κ1) is 12.7. The molecular formula is C11H21N5S. The Morgan fingerprint density at radius 2 is 1.88 bits per heavy atom. The first-order valence-corrected chi connectivity index (χ1v) is 7.08. The van der Waals surface area contributed by atoms with Gasteiger partial charge in [-0.2, -0.15) is 0 Å². The van der Waals surface area contributed by atoms with Crippen molar-refractivity contribution in [3.05, 3.63) is 5.01 Å². The lowest BCUT2D eigenvalue weighted by Crippen LogP contribution is -2.45. The third-order valence-corrected chi connectivity index (χ3v) is 3.97. The van der Waals surface area contributed by atoms with Crippen molar-refractivity contribution in [2.24, 2.45) is 0 Å². The second-order valence-electron chi connectivity index (χ2n) is 4.37. The van der Waals surface area contributed by atoms with Crippen LogP contribution in [0.15, 0.2) is 0 Å². The number of nitrogens with one attached hydrogen (secondary N) is 1. The summed E-state index contributed by atoms with van der Waals surface area (Å²) in [5.74, 6) is 0. The van der Waals surface area contributed by atoms with Gasteiger partial charge in [0, 0.05) is 33.2 Å². The molecule has 1 N–H and O–H groups in total. The van der Waals surface area contributed by atoms with E-state index in [2.05, 4.69) is 32.2 Å². The summed E-state index contributed by atoms with van der Waals surface area (Å²) >= 11 is 1.65. The van der Waals surface area contributed by atoms with Gasteiger partial charge in [0.25, 0.3) is 0 Å². The van der Waals surface area contributed by atoms with Crippen LogP contribution < -0.4 is 5.32 Å². The second-order valence-corrected chi connectivity index (χ2v) is 5.43. The molecule has 1 aliphatic rings. The second kappa shape index (κ2) is 6.28. The maximum atomic E-state index is 4.19. The molecule has 2 heterocycles. The van der Waals surface area contributed by atoms with Gasteiger partial charge in [0.05, 0.1) is 6.54 Å². The Balaban J connectivity index is 1.77. The van der Waals surface area contributed by atoms with Gasteiger partial charge in [0.2, 0.25) is 5.13 Å². The summed E-state index contributed by atoms with van der Waals surface area (Å²) < 4.78 is 0. The Hall–Kier alpha value is -0.720. The standard InChI is InChI=1S/C11H21N5S/c1-3-4-15-5-7-16(8-6-15)9-10-13-14-11(12-2)17-10/h3-9H2,1-2H3,(H,12,14). The highest BCUT2D eigenvalue weighted by Gasteiger charge is 2.17. The Morgan fingerprint density at radius 1 is 1.18 bits per heavy atom. The zero-order chi connectivity index (χ0) is 12.1. The molecule has 0 aliphatic carbocycles. The van der Waals surface area contributed by atoms with Crippen LogP contribution in [-0.2, 0) is 6.54 Å². The van der Waals surface area contributed by atoms with Crippen LogP contribution >= 0.6 is 11.3 Å². The van der Waals surface area contributed by atoms with Crippen molar-refractivity contribution >= 4 is 16.5 Å². The monoisotopic (exact) mass is 255 g/mol. The first-order chi connectivity index (χ1) is 8.31. The topological polar surface area (TPSA) is 44.3 Å². The van der Waals surface area contributed by atoms with Gasteiger partial charge in [-0.05, 0) is 13.0 Å². The van der Waals surface area contributed by atoms with Crippen molar-refractivity contribution in [3.63, 3.8) is 0 Å². The van der Waals surface area contributed by atoms with E-state index < -0.39 is 0 Å². The smallest absolute Gasteiger partial charge is 0.205 e. The van der Waals surface area contributed by atoms with Crippen LogP contribution in [0.25, 0.3) is 0 Å². The Bertz CT molecular complexity index is 332. The van der Waals surface area contributed by atoms with E-state index in [1.54, 1.807) is 11.3 Å². The average Bonchev–Trinajstić information content (AvgIpc) is 2.80. The minimum atomic E-state index is 0.907. The molecule has 2 rings (SSSR count). The highest BCUT2D eigenvalue weighted by atomic mass is 32.1. The summed E-state index contributed by atoms with van der Waals surface area (Å²) in [7, 11) is 1.88. The van der Waals surface area contributed by atoms with Crippen LogP contribution in [0.4, 0.5) is 5.13 Å². The molecule has 1 aromatic heterocycles. The molecule has 1 aromatic rings. The molecular weight excluding hydrogens is 234 g/mol. The first-order valence-electron chi connectivity index (χ1n) is 6.26. The van der Waals surface area contributed by atoms with Crippen LogP contribution in [0.5, 0.6) is 0 Å². The van der Waals surface area contributed by atoms with Crippen LogP contribution in [0.1, 0.15) is 18.4 Å². The van der Waals surface area contributed by atoms with E-state index >= 15 is 0 Å². The lowest BCUT2D eigenvalue weighted by Gasteiger charge is -2.33. The van der Waals surface area contributed by atoms with Crippen LogP contribution in [0.2, 0.25) is 0 Å². The van der Waals surface area contributed by atoms with Crippen molar-refractivity contribution in [1.29, 1.82) is 0 Å². The van der Waals surface area contributed by atoms with Gasteiger partial charge in [-0.15, -0.1) is 10.2 Å². The lowest BCUT2D eigenvalue weighted by atomic mass is 10.3. The molecule has 0 radical (unpaired) electrons. The number of aromatic nitrogens is 2. The van der Waals surface area contributed by atoms with E-state index in [4.69, 9.17) is 0 Å². The summed E-state index contributed by atoms with van der Waals surface area (Å²) in [6, 6.07) is 0. The normalized spacial score (nSPS) is 18.5. The fourth-order valence-electron chi connectivity index (χ4n) is 2.10. The molecule has 0 spiro atoms. The average molecular weight is 255 g/mol. The number of hydrogen-bond acceptors (Lipinski definition) is 6. The van der Waals surface area contributed by atoms with E-state index in [1.807, 2.05) is 7.05 Å². The van der Waals surface area contributed by atoms with Crippen molar-refractivity contribution in [1.82, 2.24) is 20.0 Å². The van der Waals surface area contributed by atoms with Crippen molar-refractivity contribution in [3.8, 4) is 0 Å². The molecule has 1 fully saturated rings. The maximum Gasteiger partial charge on any atom is 0.205 e. The molecule has 96 valence electrons. The molecule has 0 amide bonds. The third kappa shape index (κ3) is 3.62. The summed E-state index contributed by atoms with van der Waals surface area (Å²) in [6.07, 6.45) is 1.25. The van der Waals surface area contributed by atoms with Crippen LogP contribution in [-0.4, -0.2) is 59.8 Å². The minimum Gasteiger partial charge on any atom is -0.363 e. The Kier molecular flexibility index (Phi) is 4.70. The van der Waals surface area contributed by atoms with Gasteiger partial charge in [-0.3, -0.25) is 4.90 Å².